The second kappa shape index (κ2) is 8.32. The molecule has 0 unspecified atom stereocenters. The SMILES string of the molecule is CCNC(=O)C1(NC(=O)C[C@@H](C)c2ccc(CC)cc2)CCCC1. The first-order valence-electron chi connectivity index (χ1n) is 9.19. The summed E-state index contributed by atoms with van der Waals surface area (Å²) in [7, 11) is 0. The van der Waals surface area contributed by atoms with Crippen LogP contribution in [0.2, 0.25) is 0 Å². The zero-order chi connectivity index (χ0) is 17.6. The summed E-state index contributed by atoms with van der Waals surface area (Å²) in [5.74, 6) is 0.0784. The van der Waals surface area contributed by atoms with Crippen molar-refractivity contribution in [1.82, 2.24) is 10.6 Å². The summed E-state index contributed by atoms with van der Waals surface area (Å²) in [6, 6.07) is 8.45. The van der Waals surface area contributed by atoms with Crippen LogP contribution < -0.4 is 10.6 Å². The molecule has 4 nitrogen and oxygen atoms in total. The van der Waals surface area contributed by atoms with Crippen molar-refractivity contribution in [3.8, 4) is 0 Å². The second-order valence-electron chi connectivity index (χ2n) is 6.90. The molecule has 1 aliphatic carbocycles. The Hall–Kier alpha value is -1.84. The van der Waals surface area contributed by atoms with Gasteiger partial charge in [-0.15, -0.1) is 0 Å². The smallest absolute Gasteiger partial charge is 0.245 e. The molecule has 0 radical (unpaired) electrons. The van der Waals surface area contributed by atoms with Gasteiger partial charge in [0.15, 0.2) is 0 Å². The minimum Gasteiger partial charge on any atom is -0.354 e. The van der Waals surface area contributed by atoms with Crippen LogP contribution in [-0.4, -0.2) is 23.9 Å². The van der Waals surface area contributed by atoms with E-state index in [0.29, 0.717) is 13.0 Å². The molecule has 132 valence electrons. The average Bonchev–Trinajstić information content (AvgIpc) is 3.04. The van der Waals surface area contributed by atoms with E-state index in [2.05, 4.69) is 48.7 Å². The quantitative estimate of drug-likeness (QED) is 0.806. The fourth-order valence-electron chi connectivity index (χ4n) is 3.51. The minimum atomic E-state index is -0.696. The van der Waals surface area contributed by atoms with Crippen molar-refractivity contribution >= 4 is 11.8 Å². The monoisotopic (exact) mass is 330 g/mol. The van der Waals surface area contributed by atoms with Gasteiger partial charge in [-0.25, -0.2) is 0 Å². The number of benzene rings is 1. The highest BCUT2D eigenvalue weighted by atomic mass is 16.2. The van der Waals surface area contributed by atoms with Crippen LogP contribution in [0.1, 0.15) is 69.9 Å². The van der Waals surface area contributed by atoms with Gasteiger partial charge in [-0.1, -0.05) is 51.0 Å². The number of carbonyl (C=O) groups is 2. The first kappa shape index (κ1) is 18.5. The lowest BCUT2D eigenvalue weighted by molar-refractivity contribution is -0.133. The number of amides is 2. The lowest BCUT2D eigenvalue weighted by Crippen LogP contribution is -2.57. The number of carbonyl (C=O) groups excluding carboxylic acids is 2. The van der Waals surface area contributed by atoms with Crippen LogP contribution in [-0.2, 0) is 16.0 Å². The Morgan fingerprint density at radius 3 is 2.29 bits per heavy atom. The van der Waals surface area contributed by atoms with Crippen LogP contribution in [0, 0.1) is 0 Å². The summed E-state index contributed by atoms with van der Waals surface area (Å²) in [6.07, 6.45) is 4.89. The van der Waals surface area contributed by atoms with Crippen molar-refractivity contribution < 1.29 is 9.59 Å². The molecule has 0 spiro atoms. The fraction of sp³-hybridized carbons (Fsp3) is 0.600. The maximum Gasteiger partial charge on any atom is 0.245 e. The van der Waals surface area contributed by atoms with E-state index in [4.69, 9.17) is 0 Å². The Kier molecular flexibility index (Phi) is 6.41. The Balaban J connectivity index is 1.98. The van der Waals surface area contributed by atoms with Crippen molar-refractivity contribution in [3.63, 3.8) is 0 Å². The van der Waals surface area contributed by atoms with E-state index in [0.717, 1.165) is 32.1 Å². The summed E-state index contributed by atoms with van der Waals surface area (Å²) in [6.45, 7) is 6.70. The molecule has 1 aromatic rings. The zero-order valence-corrected chi connectivity index (χ0v) is 15.2. The lowest BCUT2D eigenvalue weighted by atomic mass is 9.93. The molecule has 0 bridgehead atoms. The van der Waals surface area contributed by atoms with Crippen molar-refractivity contribution in [2.24, 2.45) is 0 Å². The van der Waals surface area contributed by atoms with Gasteiger partial charge in [0, 0.05) is 13.0 Å². The van der Waals surface area contributed by atoms with Gasteiger partial charge in [-0.05, 0) is 43.2 Å². The molecule has 0 saturated heterocycles. The van der Waals surface area contributed by atoms with E-state index in [1.807, 2.05) is 6.92 Å². The molecule has 4 heteroatoms. The maximum absolute atomic E-state index is 12.5. The minimum absolute atomic E-state index is 0.0317. The lowest BCUT2D eigenvalue weighted by Gasteiger charge is -2.29. The van der Waals surface area contributed by atoms with Gasteiger partial charge in [0.2, 0.25) is 11.8 Å². The third-order valence-electron chi connectivity index (χ3n) is 5.06. The molecule has 2 N–H and O–H groups in total. The van der Waals surface area contributed by atoms with Gasteiger partial charge < -0.3 is 10.6 Å². The van der Waals surface area contributed by atoms with Crippen molar-refractivity contribution in [1.29, 1.82) is 0 Å². The Morgan fingerprint density at radius 2 is 1.75 bits per heavy atom. The number of nitrogens with one attached hydrogen (secondary N) is 2. The number of aryl methyl sites for hydroxylation is 1. The largest absolute Gasteiger partial charge is 0.354 e. The van der Waals surface area contributed by atoms with Crippen LogP contribution in [0.3, 0.4) is 0 Å². The van der Waals surface area contributed by atoms with Crippen molar-refractivity contribution in [2.45, 2.75) is 70.8 Å². The van der Waals surface area contributed by atoms with Crippen LogP contribution in [0.15, 0.2) is 24.3 Å². The van der Waals surface area contributed by atoms with E-state index in [1.54, 1.807) is 0 Å². The topological polar surface area (TPSA) is 58.2 Å². The molecule has 24 heavy (non-hydrogen) atoms. The van der Waals surface area contributed by atoms with Crippen LogP contribution in [0.4, 0.5) is 0 Å². The Labute approximate surface area is 145 Å². The molecule has 1 saturated carbocycles. The van der Waals surface area contributed by atoms with Gasteiger partial charge in [-0.3, -0.25) is 9.59 Å². The highest BCUT2D eigenvalue weighted by Gasteiger charge is 2.42. The molecule has 1 aromatic carbocycles. The normalized spacial score (nSPS) is 17.3. The molecule has 0 aromatic heterocycles. The van der Waals surface area contributed by atoms with Gasteiger partial charge in [0.05, 0.1) is 0 Å². The van der Waals surface area contributed by atoms with Gasteiger partial charge in [-0.2, -0.15) is 0 Å². The summed E-state index contributed by atoms with van der Waals surface area (Å²) in [5.41, 5.74) is 1.77. The van der Waals surface area contributed by atoms with Gasteiger partial charge in [0.1, 0.15) is 5.54 Å². The number of hydrogen-bond donors (Lipinski definition) is 2. The predicted octanol–water partition coefficient (Wildman–Crippen LogP) is 3.31. The molecule has 2 amide bonds. The van der Waals surface area contributed by atoms with Gasteiger partial charge in [0.25, 0.3) is 0 Å². The molecule has 0 aliphatic heterocycles. The third-order valence-corrected chi connectivity index (χ3v) is 5.06. The summed E-state index contributed by atoms with van der Waals surface area (Å²) in [4.78, 5) is 24.9. The summed E-state index contributed by atoms with van der Waals surface area (Å²) in [5, 5.41) is 5.93. The van der Waals surface area contributed by atoms with Crippen molar-refractivity contribution in [3.05, 3.63) is 35.4 Å². The highest BCUT2D eigenvalue weighted by Crippen LogP contribution is 2.30. The number of hydrogen-bond acceptors (Lipinski definition) is 2. The molecule has 1 atom stereocenters. The van der Waals surface area contributed by atoms with E-state index in [1.165, 1.54) is 11.1 Å². The molecular formula is C20H30N2O2. The van der Waals surface area contributed by atoms with Crippen molar-refractivity contribution in [2.75, 3.05) is 6.54 Å². The van der Waals surface area contributed by atoms with Crippen LogP contribution >= 0.6 is 0 Å². The molecule has 1 fully saturated rings. The first-order chi connectivity index (χ1) is 11.5. The molecule has 0 heterocycles. The molecule has 1 aliphatic rings. The second-order valence-corrected chi connectivity index (χ2v) is 6.90. The highest BCUT2D eigenvalue weighted by molar-refractivity contribution is 5.91. The first-order valence-corrected chi connectivity index (χ1v) is 9.19. The molecular weight excluding hydrogens is 300 g/mol. The van der Waals surface area contributed by atoms with Gasteiger partial charge >= 0.3 is 0 Å². The zero-order valence-electron chi connectivity index (χ0n) is 15.2. The number of rotatable bonds is 7. The standard InChI is InChI=1S/C20H30N2O2/c1-4-16-8-10-17(11-9-16)15(3)14-18(23)22-20(12-6-7-13-20)19(24)21-5-2/h8-11,15H,4-7,12-14H2,1-3H3,(H,21,24)(H,22,23)/t15-/m1/s1. The third kappa shape index (κ3) is 4.37. The predicted molar refractivity (Wildman–Crippen MR) is 96.9 cm³/mol. The summed E-state index contributed by atoms with van der Waals surface area (Å²) >= 11 is 0. The fourth-order valence-corrected chi connectivity index (χ4v) is 3.51. The summed E-state index contributed by atoms with van der Waals surface area (Å²) < 4.78 is 0. The van der Waals surface area contributed by atoms with Crippen LogP contribution in [0.25, 0.3) is 0 Å². The number of likely N-dealkylation sites (N-methyl/N-ethyl adjacent to an activating group) is 1. The average molecular weight is 330 g/mol. The Morgan fingerprint density at radius 1 is 1.12 bits per heavy atom. The van der Waals surface area contributed by atoms with E-state index in [9.17, 15) is 9.59 Å². The molecule has 2 rings (SSSR count). The Bertz CT molecular complexity index is 560. The van der Waals surface area contributed by atoms with E-state index < -0.39 is 5.54 Å². The maximum atomic E-state index is 12.5. The van der Waals surface area contributed by atoms with E-state index >= 15 is 0 Å². The van der Waals surface area contributed by atoms with E-state index in [-0.39, 0.29) is 17.7 Å². The van der Waals surface area contributed by atoms with Crippen LogP contribution in [0.5, 0.6) is 0 Å².